The fourth-order valence-electron chi connectivity index (χ4n) is 2.61. The molecule has 2 heterocycles. The van der Waals surface area contributed by atoms with Crippen LogP contribution in [0.5, 0.6) is 0 Å². The summed E-state index contributed by atoms with van der Waals surface area (Å²) >= 11 is 0. The molecule has 0 radical (unpaired) electrons. The number of hydrogen-bond acceptors (Lipinski definition) is 4. The Morgan fingerprint density at radius 2 is 2.21 bits per heavy atom. The van der Waals surface area contributed by atoms with E-state index in [4.69, 9.17) is 4.42 Å². The smallest absolute Gasteiger partial charge is 0.218 e. The summed E-state index contributed by atoms with van der Waals surface area (Å²) in [6.07, 6.45) is 5.23. The first-order valence-corrected chi connectivity index (χ1v) is 8.42. The first kappa shape index (κ1) is 13.1. The molecule has 1 unspecified atom stereocenters. The molecule has 1 aromatic heterocycles. The van der Waals surface area contributed by atoms with Crippen molar-refractivity contribution in [1.29, 1.82) is 0 Å². The van der Waals surface area contributed by atoms with Crippen LogP contribution in [0.25, 0.3) is 0 Å². The lowest BCUT2D eigenvalue weighted by molar-refractivity contribution is 0.345. The lowest BCUT2D eigenvalue weighted by Crippen LogP contribution is -2.46. The summed E-state index contributed by atoms with van der Waals surface area (Å²) in [6.45, 7) is 1.87. The van der Waals surface area contributed by atoms with Gasteiger partial charge >= 0.3 is 0 Å². The number of nitrogens with zero attached hydrogens (tertiary/aromatic N) is 1. The Morgan fingerprint density at radius 1 is 1.37 bits per heavy atom. The fourth-order valence-corrected chi connectivity index (χ4v) is 4.72. The molecule has 1 saturated heterocycles. The second-order valence-electron chi connectivity index (χ2n) is 5.37. The van der Waals surface area contributed by atoms with Crippen LogP contribution in [0, 0.1) is 0 Å². The standard InChI is InChI=1S/C13H20N2O3S/c16-19(17,13-4-1-7-14-9-13)15(11-5-6-11)10-12-3-2-8-18-12/h2-3,8,11,13-14H,1,4-7,9-10H2. The van der Waals surface area contributed by atoms with Crippen LogP contribution in [-0.2, 0) is 16.6 Å². The van der Waals surface area contributed by atoms with E-state index in [1.165, 1.54) is 0 Å². The molecule has 1 aliphatic heterocycles. The number of piperidine rings is 1. The van der Waals surface area contributed by atoms with Crippen LogP contribution in [0.3, 0.4) is 0 Å². The van der Waals surface area contributed by atoms with E-state index in [9.17, 15) is 8.42 Å². The van der Waals surface area contributed by atoms with Crippen molar-refractivity contribution >= 4 is 10.0 Å². The predicted molar refractivity (Wildman–Crippen MR) is 72.1 cm³/mol. The molecule has 1 N–H and O–H groups in total. The fraction of sp³-hybridized carbons (Fsp3) is 0.692. The topological polar surface area (TPSA) is 62.6 Å². The van der Waals surface area contributed by atoms with Gasteiger partial charge in [-0.2, -0.15) is 4.31 Å². The van der Waals surface area contributed by atoms with Gasteiger partial charge in [0.15, 0.2) is 0 Å². The number of furan rings is 1. The van der Waals surface area contributed by atoms with Gasteiger partial charge in [0.1, 0.15) is 5.76 Å². The van der Waals surface area contributed by atoms with Crippen LogP contribution in [0.2, 0.25) is 0 Å². The summed E-state index contributed by atoms with van der Waals surface area (Å²) in [5, 5.41) is 2.90. The van der Waals surface area contributed by atoms with Gasteiger partial charge in [-0.1, -0.05) is 0 Å². The van der Waals surface area contributed by atoms with Crippen molar-refractivity contribution in [2.75, 3.05) is 13.1 Å². The van der Waals surface area contributed by atoms with E-state index in [0.717, 1.165) is 38.0 Å². The molecule has 1 saturated carbocycles. The highest BCUT2D eigenvalue weighted by atomic mass is 32.2. The Hall–Kier alpha value is -0.850. The summed E-state index contributed by atoms with van der Waals surface area (Å²) in [4.78, 5) is 0. The van der Waals surface area contributed by atoms with Crippen molar-refractivity contribution in [3.63, 3.8) is 0 Å². The highest BCUT2D eigenvalue weighted by Gasteiger charge is 2.41. The molecule has 6 heteroatoms. The van der Waals surface area contributed by atoms with Crippen molar-refractivity contribution in [2.45, 2.75) is 43.5 Å². The average molecular weight is 284 g/mol. The lowest BCUT2D eigenvalue weighted by atomic mass is 10.2. The van der Waals surface area contributed by atoms with Crippen LogP contribution in [0.1, 0.15) is 31.4 Å². The molecule has 2 fully saturated rings. The molecule has 5 nitrogen and oxygen atoms in total. The maximum absolute atomic E-state index is 12.7. The monoisotopic (exact) mass is 284 g/mol. The van der Waals surface area contributed by atoms with Gasteiger partial charge in [-0.25, -0.2) is 8.42 Å². The van der Waals surface area contributed by atoms with E-state index in [0.29, 0.717) is 13.1 Å². The Morgan fingerprint density at radius 3 is 2.79 bits per heavy atom. The van der Waals surface area contributed by atoms with Gasteiger partial charge in [0, 0.05) is 12.6 Å². The van der Waals surface area contributed by atoms with Gasteiger partial charge in [-0.15, -0.1) is 0 Å². The summed E-state index contributed by atoms with van der Waals surface area (Å²) in [5.41, 5.74) is 0. The third-order valence-electron chi connectivity index (χ3n) is 3.85. The Bertz CT molecular complexity index is 502. The number of hydrogen-bond donors (Lipinski definition) is 1. The Balaban J connectivity index is 1.78. The molecule has 106 valence electrons. The highest BCUT2D eigenvalue weighted by molar-refractivity contribution is 7.89. The van der Waals surface area contributed by atoms with Crippen molar-refractivity contribution in [3.8, 4) is 0 Å². The van der Waals surface area contributed by atoms with Gasteiger partial charge in [-0.3, -0.25) is 0 Å². The molecule has 0 aromatic carbocycles. The lowest BCUT2D eigenvalue weighted by Gasteiger charge is -2.29. The minimum atomic E-state index is -3.23. The Kier molecular flexibility index (Phi) is 3.64. The van der Waals surface area contributed by atoms with Crippen LogP contribution >= 0.6 is 0 Å². The molecular weight excluding hydrogens is 264 g/mol. The van der Waals surface area contributed by atoms with Crippen LogP contribution in [-0.4, -0.2) is 37.1 Å². The first-order valence-electron chi connectivity index (χ1n) is 6.91. The molecule has 3 rings (SSSR count). The van der Waals surface area contributed by atoms with Gasteiger partial charge in [-0.05, 0) is 44.4 Å². The van der Waals surface area contributed by atoms with E-state index in [1.807, 2.05) is 6.07 Å². The first-order chi connectivity index (χ1) is 9.18. The van der Waals surface area contributed by atoms with Crippen molar-refractivity contribution in [2.24, 2.45) is 0 Å². The molecule has 1 aliphatic carbocycles. The third kappa shape index (κ3) is 2.85. The second kappa shape index (κ2) is 5.26. The minimum absolute atomic E-state index is 0.178. The molecule has 0 bridgehead atoms. The Labute approximate surface area is 114 Å². The highest BCUT2D eigenvalue weighted by Crippen LogP contribution is 2.33. The summed E-state index contributed by atoms with van der Waals surface area (Å²) in [7, 11) is -3.23. The van der Waals surface area contributed by atoms with E-state index < -0.39 is 10.0 Å². The van der Waals surface area contributed by atoms with Crippen LogP contribution < -0.4 is 5.32 Å². The largest absolute Gasteiger partial charge is 0.468 e. The zero-order valence-electron chi connectivity index (χ0n) is 10.9. The summed E-state index contributed by atoms with van der Waals surface area (Å²) < 4.78 is 32.4. The second-order valence-corrected chi connectivity index (χ2v) is 7.53. The maximum Gasteiger partial charge on any atom is 0.218 e. The molecule has 0 amide bonds. The molecular formula is C13H20N2O3S. The molecule has 1 atom stereocenters. The molecule has 19 heavy (non-hydrogen) atoms. The quantitative estimate of drug-likeness (QED) is 0.886. The van der Waals surface area contributed by atoms with Crippen molar-refractivity contribution < 1.29 is 12.8 Å². The minimum Gasteiger partial charge on any atom is -0.468 e. The van der Waals surface area contributed by atoms with Crippen molar-refractivity contribution in [3.05, 3.63) is 24.2 Å². The van der Waals surface area contributed by atoms with E-state index in [1.54, 1.807) is 16.6 Å². The molecule has 2 aliphatic rings. The van der Waals surface area contributed by atoms with Crippen molar-refractivity contribution in [1.82, 2.24) is 9.62 Å². The molecule has 0 spiro atoms. The normalized spacial score (nSPS) is 24.8. The summed E-state index contributed by atoms with van der Waals surface area (Å²) in [6, 6.07) is 3.82. The number of rotatable bonds is 5. The average Bonchev–Trinajstić information content (AvgIpc) is 3.13. The number of sulfonamides is 1. The zero-order chi connectivity index (χ0) is 13.3. The molecule has 1 aromatic rings. The van der Waals surface area contributed by atoms with Gasteiger partial charge in [0.2, 0.25) is 10.0 Å². The van der Waals surface area contributed by atoms with E-state index in [2.05, 4.69) is 5.32 Å². The predicted octanol–water partition coefficient (Wildman–Crippen LogP) is 1.33. The van der Waals surface area contributed by atoms with E-state index >= 15 is 0 Å². The van der Waals surface area contributed by atoms with E-state index in [-0.39, 0.29) is 11.3 Å². The summed E-state index contributed by atoms with van der Waals surface area (Å²) in [5.74, 6) is 0.722. The zero-order valence-corrected chi connectivity index (χ0v) is 11.7. The van der Waals surface area contributed by atoms with Crippen LogP contribution in [0.15, 0.2) is 22.8 Å². The van der Waals surface area contributed by atoms with Gasteiger partial charge in [0.25, 0.3) is 0 Å². The maximum atomic E-state index is 12.7. The van der Waals surface area contributed by atoms with Gasteiger partial charge < -0.3 is 9.73 Å². The van der Waals surface area contributed by atoms with Gasteiger partial charge in [0.05, 0.1) is 18.1 Å². The third-order valence-corrected chi connectivity index (χ3v) is 6.17. The van der Waals surface area contributed by atoms with Crippen LogP contribution in [0.4, 0.5) is 0 Å². The SMILES string of the molecule is O=S(=O)(C1CCCNC1)N(Cc1ccco1)C1CC1. The number of nitrogens with one attached hydrogen (secondary N) is 1.